The van der Waals surface area contributed by atoms with E-state index in [1.807, 2.05) is 0 Å². The van der Waals surface area contributed by atoms with Gasteiger partial charge in [-0.05, 0) is 26.7 Å². The smallest absolute Gasteiger partial charge is 0.377 e. The molecule has 1 aliphatic rings. The normalized spacial score (nSPS) is 18.0. The van der Waals surface area contributed by atoms with E-state index >= 15 is 0 Å². The molecule has 1 heterocycles. The summed E-state index contributed by atoms with van der Waals surface area (Å²) >= 11 is 0. The van der Waals surface area contributed by atoms with Gasteiger partial charge in [0.1, 0.15) is 5.60 Å². The van der Waals surface area contributed by atoms with Gasteiger partial charge < -0.3 is 29.9 Å². The molecule has 1 saturated heterocycles. The van der Waals surface area contributed by atoms with Crippen LogP contribution in [0.1, 0.15) is 26.7 Å². The Morgan fingerprint density at radius 1 is 1.20 bits per heavy atom. The number of oxime groups is 1. The molecule has 1 rings (SSSR count). The topological polar surface area (TPSA) is 167 Å². The third kappa shape index (κ3) is 7.55. The van der Waals surface area contributed by atoms with Crippen LogP contribution in [0, 0.1) is 0 Å². The van der Waals surface area contributed by atoms with E-state index in [1.54, 1.807) is 13.8 Å². The van der Waals surface area contributed by atoms with Crippen molar-refractivity contribution < 1.29 is 42.2 Å². The number of aliphatic hydroxyl groups excluding tert-OH is 1. The van der Waals surface area contributed by atoms with Crippen molar-refractivity contribution in [2.75, 3.05) is 45.8 Å². The molecule has 172 valence electrons. The zero-order valence-corrected chi connectivity index (χ0v) is 18.1. The number of ether oxygens (including phenoxy) is 3. The first-order valence-corrected chi connectivity index (χ1v) is 11.2. The maximum Gasteiger partial charge on any atom is 0.377 e. The predicted molar refractivity (Wildman–Crippen MR) is 105 cm³/mol. The zero-order chi connectivity index (χ0) is 22.8. The highest BCUT2D eigenvalue weighted by molar-refractivity contribution is 7.88. The van der Waals surface area contributed by atoms with Crippen molar-refractivity contribution in [3.05, 3.63) is 11.8 Å². The summed E-state index contributed by atoms with van der Waals surface area (Å²) in [6.07, 6.45) is 2.18. The van der Waals surface area contributed by atoms with Gasteiger partial charge in [0.25, 0.3) is 0 Å². The highest BCUT2D eigenvalue weighted by atomic mass is 32.2. The molecule has 30 heavy (non-hydrogen) atoms. The summed E-state index contributed by atoms with van der Waals surface area (Å²) in [7, 11) is -3.39. The Kier molecular flexibility index (Phi) is 10.2. The van der Waals surface area contributed by atoms with Gasteiger partial charge in [-0.2, -0.15) is 0 Å². The van der Waals surface area contributed by atoms with E-state index in [0.29, 0.717) is 0 Å². The summed E-state index contributed by atoms with van der Waals surface area (Å²) in [6.45, 7) is 3.16. The Bertz CT molecular complexity index is 756. The lowest BCUT2D eigenvalue weighted by molar-refractivity contribution is -0.144. The van der Waals surface area contributed by atoms with Crippen LogP contribution in [0.5, 0.6) is 0 Å². The van der Waals surface area contributed by atoms with Gasteiger partial charge in [0.2, 0.25) is 15.8 Å². The summed E-state index contributed by atoms with van der Waals surface area (Å²) < 4.78 is 40.0. The fraction of sp³-hybridized carbons (Fsp3) is 0.706. The number of esters is 2. The summed E-state index contributed by atoms with van der Waals surface area (Å²) in [5.74, 6) is -2.49. The second kappa shape index (κ2) is 11.8. The third-order valence-electron chi connectivity index (χ3n) is 4.19. The maximum absolute atomic E-state index is 12.0. The standard InChI is InChI=1S/C17H29N3O9S/c1-4-26-14(22)12-13(15(23)27-5-2)29-19-16(18)17(28-11-10-21)6-8-20(9-7-17)30(3,24)25/h12,21H,4-11H2,1-3H3,(H2,18,19). The molecule has 0 unspecified atom stereocenters. The molecule has 13 heteroatoms. The first-order valence-electron chi connectivity index (χ1n) is 9.36. The SMILES string of the molecule is CCOC(=O)C=C(ON=C(N)C1(OCCO)CCN(S(C)(=O)=O)CC1)C(=O)OCC. The lowest BCUT2D eigenvalue weighted by atomic mass is 9.91. The Morgan fingerprint density at radius 3 is 2.30 bits per heavy atom. The predicted octanol–water partition coefficient (Wildman–Crippen LogP) is -0.912. The third-order valence-corrected chi connectivity index (χ3v) is 5.49. The molecule has 3 N–H and O–H groups in total. The lowest BCUT2D eigenvalue weighted by Gasteiger charge is -2.39. The van der Waals surface area contributed by atoms with E-state index in [0.717, 1.165) is 12.3 Å². The van der Waals surface area contributed by atoms with Gasteiger partial charge >= 0.3 is 11.9 Å². The van der Waals surface area contributed by atoms with E-state index in [1.165, 1.54) is 4.31 Å². The molecular weight excluding hydrogens is 422 g/mol. The second-order valence-corrected chi connectivity index (χ2v) is 8.26. The van der Waals surface area contributed by atoms with Gasteiger partial charge in [0, 0.05) is 13.1 Å². The number of sulfonamides is 1. The van der Waals surface area contributed by atoms with Crippen LogP contribution in [0.2, 0.25) is 0 Å². The number of nitrogens with two attached hydrogens (primary N) is 1. The van der Waals surface area contributed by atoms with Gasteiger partial charge in [-0.25, -0.2) is 22.3 Å². The van der Waals surface area contributed by atoms with Crippen LogP contribution in [0.15, 0.2) is 17.0 Å². The minimum Gasteiger partial charge on any atom is -0.463 e. The summed E-state index contributed by atoms with van der Waals surface area (Å²) in [5, 5.41) is 12.8. The summed E-state index contributed by atoms with van der Waals surface area (Å²) in [5.41, 5.74) is 4.83. The van der Waals surface area contributed by atoms with Crippen LogP contribution in [-0.2, 0) is 38.7 Å². The van der Waals surface area contributed by atoms with Crippen LogP contribution in [0.25, 0.3) is 0 Å². The van der Waals surface area contributed by atoms with Crippen LogP contribution in [-0.4, -0.2) is 87.0 Å². The fourth-order valence-electron chi connectivity index (χ4n) is 2.69. The average molecular weight is 451 g/mol. The van der Waals surface area contributed by atoms with Crippen LogP contribution in [0.4, 0.5) is 0 Å². The first kappa shape index (κ1) is 25.8. The molecule has 0 bridgehead atoms. The number of aliphatic hydroxyl groups is 1. The van der Waals surface area contributed by atoms with Gasteiger partial charge in [-0.1, -0.05) is 5.16 Å². The first-order chi connectivity index (χ1) is 14.1. The van der Waals surface area contributed by atoms with Crippen molar-refractivity contribution in [1.82, 2.24) is 4.31 Å². The van der Waals surface area contributed by atoms with Crippen molar-refractivity contribution in [2.45, 2.75) is 32.3 Å². The zero-order valence-electron chi connectivity index (χ0n) is 17.3. The second-order valence-electron chi connectivity index (χ2n) is 6.28. The highest BCUT2D eigenvalue weighted by Crippen LogP contribution is 2.28. The number of hydrogen-bond donors (Lipinski definition) is 2. The molecule has 0 atom stereocenters. The van der Waals surface area contributed by atoms with E-state index in [-0.39, 0.29) is 58.2 Å². The number of piperidine rings is 1. The Hall–Kier alpha value is -2.22. The average Bonchev–Trinajstić information content (AvgIpc) is 2.69. The molecule has 0 aromatic heterocycles. The lowest BCUT2D eigenvalue weighted by Crippen LogP contribution is -2.55. The molecule has 12 nitrogen and oxygen atoms in total. The van der Waals surface area contributed by atoms with E-state index in [2.05, 4.69) is 5.16 Å². The van der Waals surface area contributed by atoms with Crippen LogP contribution >= 0.6 is 0 Å². The quantitative estimate of drug-likeness (QED) is 0.100. The molecule has 0 aromatic rings. The van der Waals surface area contributed by atoms with E-state index in [4.69, 9.17) is 29.9 Å². The molecule has 0 aromatic carbocycles. The minimum atomic E-state index is -3.39. The number of amidine groups is 1. The molecule has 0 amide bonds. The molecule has 0 spiro atoms. The van der Waals surface area contributed by atoms with E-state index < -0.39 is 33.3 Å². The minimum absolute atomic E-state index is 0.0342. The molecule has 1 fully saturated rings. The van der Waals surface area contributed by atoms with Crippen molar-refractivity contribution in [2.24, 2.45) is 10.9 Å². The molecule has 0 saturated carbocycles. The summed E-state index contributed by atoms with van der Waals surface area (Å²) in [6, 6.07) is 0. The molecular formula is C17H29N3O9S. The highest BCUT2D eigenvalue weighted by Gasteiger charge is 2.42. The van der Waals surface area contributed by atoms with Crippen LogP contribution in [0.3, 0.4) is 0 Å². The van der Waals surface area contributed by atoms with Crippen LogP contribution < -0.4 is 5.73 Å². The van der Waals surface area contributed by atoms with Crippen molar-refractivity contribution >= 4 is 27.8 Å². The van der Waals surface area contributed by atoms with Gasteiger partial charge in [0.15, 0.2) is 5.84 Å². The molecule has 1 aliphatic heterocycles. The Labute approximate surface area is 175 Å². The van der Waals surface area contributed by atoms with Crippen molar-refractivity contribution in [3.63, 3.8) is 0 Å². The maximum atomic E-state index is 12.0. The number of hydrogen-bond acceptors (Lipinski definition) is 10. The largest absolute Gasteiger partial charge is 0.463 e. The van der Waals surface area contributed by atoms with Crippen molar-refractivity contribution in [3.8, 4) is 0 Å². The number of nitrogens with zero attached hydrogens (tertiary/aromatic N) is 2. The van der Waals surface area contributed by atoms with Gasteiger partial charge in [-0.15, -0.1) is 0 Å². The fourth-order valence-corrected chi connectivity index (χ4v) is 3.54. The number of rotatable bonds is 11. The number of carbonyl (C=O) groups excluding carboxylic acids is 2. The van der Waals surface area contributed by atoms with Crippen molar-refractivity contribution in [1.29, 1.82) is 0 Å². The van der Waals surface area contributed by atoms with Gasteiger partial charge in [-0.3, -0.25) is 0 Å². The monoisotopic (exact) mass is 451 g/mol. The Balaban J connectivity index is 3.07. The molecule has 0 radical (unpaired) electrons. The van der Waals surface area contributed by atoms with E-state index in [9.17, 15) is 18.0 Å². The number of carbonyl (C=O) groups is 2. The summed E-state index contributed by atoms with van der Waals surface area (Å²) in [4.78, 5) is 28.7. The molecule has 0 aliphatic carbocycles. The Morgan fingerprint density at radius 2 is 1.80 bits per heavy atom. The van der Waals surface area contributed by atoms with Gasteiger partial charge in [0.05, 0.1) is 38.8 Å².